The summed E-state index contributed by atoms with van der Waals surface area (Å²) in [5.74, 6) is -0.392. The summed E-state index contributed by atoms with van der Waals surface area (Å²) in [7, 11) is 2.11. The molecule has 0 fully saturated rings. The second-order valence-electron chi connectivity index (χ2n) is 5.75. The van der Waals surface area contributed by atoms with Gasteiger partial charge in [-0.2, -0.15) is 0 Å². The van der Waals surface area contributed by atoms with Crippen molar-refractivity contribution in [3.63, 3.8) is 0 Å². The van der Waals surface area contributed by atoms with Crippen molar-refractivity contribution >= 4 is 25.5 Å². The lowest BCUT2D eigenvalue weighted by molar-refractivity contribution is -0.0436. The highest BCUT2D eigenvalue weighted by Crippen LogP contribution is 2.38. The van der Waals surface area contributed by atoms with Gasteiger partial charge in [-0.1, -0.05) is 13.8 Å². The highest BCUT2D eigenvalue weighted by atomic mass is 28.2. The number of carbonyl (C=O) groups is 1. The van der Waals surface area contributed by atoms with Crippen molar-refractivity contribution in [1.29, 1.82) is 0 Å². The van der Waals surface area contributed by atoms with Crippen LogP contribution in [-0.4, -0.2) is 44.0 Å². The van der Waals surface area contributed by atoms with Gasteiger partial charge in [-0.25, -0.2) is 4.79 Å². The van der Waals surface area contributed by atoms with Crippen LogP contribution in [0.3, 0.4) is 0 Å². The molecule has 0 heterocycles. The molecule has 4 radical (unpaired) electrons. The van der Waals surface area contributed by atoms with Crippen LogP contribution in [0.5, 0.6) is 5.75 Å². The molecule has 1 aromatic rings. The predicted molar refractivity (Wildman–Crippen MR) is 91.6 cm³/mol. The third-order valence-electron chi connectivity index (χ3n) is 3.97. The van der Waals surface area contributed by atoms with E-state index < -0.39 is 17.7 Å². The lowest BCUT2D eigenvalue weighted by Gasteiger charge is -2.36. The first-order valence-electron chi connectivity index (χ1n) is 7.29. The van der Waals surface area contributed by atoms with Gasteiger partial charge in [0.25, 0.3) is 0 Å². The summed E-state index contributed by atoms with van der Waals surface area (Å²) in [6.45, 7) is 11.5. The molecule has 1 N–H and O–H groups in total. The van der Waals surface area contributed by atoms with Crippen LogP contribution in [0.4, 0.5) is 0 Å². The van der Waals surface area contributed by atoms with Crippen molar-refractivity contribution in [2.45, 2.75) is 52.5 Å². The highest BCUT2D eigenvalue weighted by Gasteiger charge is 2.36. The lowest BCUT2D eigenvalue weighted by Crippen LogP contribution is -2.40. The van der Waals surface area contributed by atoms with E-state index in [0.717, 1.165) is 11.1 Å². The zero-order valence-electron chi connectivity index (χ0n) is 14.7. The number of aromatic carboxylic acids is 1. The molecule has 0 bridgehead atoms. The number of hydrogen-bond acceptors (Lipinski definition) is 4. The topological polar surface area (TPSA) is 65.0 Å². The summed E-state index contributed by atoms with van der Waals surface area (Å²) >= 11 is 0. The van der Waals surface area contributed by atoms with Gasteiger partial charge >= 0.3 is 5.97 Å². The molecule has 0 unspecified atom stereocenters. The Morgan fingerprint density at radius 3 is 2.09 bits per heavy atom. The first-order valence-corrected chi connectivity index (χ1v) is 10.1. The summed E-state index contributed by atoms with van der Waals surface area (Å²) in [4.78, 5) is 11.7. The van der Waals surface area contributed by atoms with Crippen molar-refractivity contribution in [2.24, 2.45) is 0 Å². The molecule has 126 valence electrons. The molecule has 1 rings (SSSR count). The molecule has 5 nitrogen and oxygen atoms in total. The van der Waals surface area contributed by atoms with E-state index in [1.807, 2.05) is 39.9 Å². The fourth-order valence-corrected chi connectivity index (χ4v) is 3.96. The molecular weight excluding hydrogens is 328 g/mol. The minimum absolute atomic E-state index is 0.282. The smallest absolute Gasteiger partial charge is 0.336 e. The molecular formula is C16H24O5Si2. The van der Waals surface area contributed by atoms with Gasteiger partial charge in [0.1, 0.15) is 12.0 Å². The monoisotopic (exact) mass is 352 g/mol. The summed E-state index contributed by atoms with van der Waals surface area (Å²) in [5.41, 5.74) is 1.98. The van der Waals surface area contributed by atoms with E-state index in [2.05, 4.69) is 0 Å². The maximum absolute atomic E-state index is 11.7. The van der Waals surface area contributed by atoms with Crippen molar-refractivity contribution in [1.82, 2.24) is 0 Å². The third kappa shape index (κ3) is 4.03. The second kappa shape index (κ2) is 8.09. The first kappa shape index (κ1) is 19.9. The van der Waals surface area contributed by atoms with Crippen molar-refractivity contribution in [2.75, 3.05) is 7.11 Å². The number of benzene rings is 1. The van der Waals surface area contributed by atoms with E-state index >= 15 is 0 Å². The van der Waals surface area contributed by atoms with Gasteiger partial charge in [0.05, 0.1) is 12.7 Å². The standard InChI is InChI=1S/C16H24O5Si2/c1-9-11(16(3,4)15(20-22-6)21-23-7)8-12(19-5)10(2)13(9)14(17)18/h8,15H,1-7H3,(H,17,18). The van der Waals surface area contributed by atoms with Gasteiger partial charge in [0.2, 0.25) is 19.5 Å². The number of hydrogen-bond donors (Lipinski definition) is 1. The zero-order valence-corrected chi connectivity index (χ0v) is 16.7. The van der Waals surface area contributed by atoms with E-state index in [1.54, 1.807) is 14.0 Å². The highest BCUT2D eigenvalue weighted by molar-refractivity contribution is 6.26. The number of rotatable bonds is 8. The van der Waals surface area contributed by atoms with Crippen LogP contribution in [-0.2, 0) is 14.3 Å². The third-order valence-corrected chi connectivity index (χ3v) is 4.87. The normalized spacial score (nSPS) is 11.8. The summed E-state index contributed by atoms with van der Waals surface area (Å²) in [6.07, 6.45) is -0.443. The Balaban J connectivity index is 3.56. The maximum atomic E-state index is 11.7. The van der Waals surface area contributed by atoms with Crippen molar-refractivity contribution in [3.05, 3.63) is 28.3 Å². The minimum Gasteiger partial charge on any atom is -0.496 e. The van der Waals surface area contributed by atoms with Gasteiger partial charge in [-0.15, -0.1) is 0 Å². The van der Waals surface area contributed by atoms with Crippen molar-refractivity contribution in [3.8, 4) is 5.75 Å². The quantitative estimate of drug-likeness (QED) is 0.575. The second-order valence-corrected chi connectivity index (χ2v) is 7.04. The average Bonchev–Trinajstić information content (AvgIpc) is 2.46. The molecule has 0 aliphatic heterocycles. The van der Waals surface area contributed by atoms with E-state index in [1.165, 1.54) is 0 Å². The molecule has 0 aliphatic rings. The summed E-state index contributed by atoms with van der Waals surface area (Å²) < 4.78 is 17.0. The molecule has 23 heavy (non-hydrogen) atoms. The Morgan fingerprint density at radius 2 is 1.70 bits per heavy atom. The minimum atomic E-state index is -0.955. The van der Waals surface area contributed by atoms with E-state index in [-0.39, 0.29) is 25.1 Å². The van der Waals surface area contributed by atoms with E-state index in [9.17, 15) is 9.90 Å². The largest absolute Gasteiger partial charge is 0.496 e. The van der Waals surface area contributed by atoms with Gasteiger partial charge in [0, 0.05) is 11.0 Å². The molecule has 0 saturated carbocycles. The van der Waals surface area contributed by atoms with Crippen LogP contribution >= 0.6 is 0 Å². The summed E-state index contributed by atoms with van der Waals surface area (Å²) in [5, 5.41) is 9.59. The Hall–Kier alpha value is -1.16. The molecule has 0 aliphatic carbocycles. The van der Waals surface area contributed by atoms with Crippen molar-refractivity contribution < 1.29 is 23.5 Å². The number of methoxy groups -OCH3 is 1. The Labute approximate surface area is 143 Å². The number of ether oxygens (including phenoxy) is 1. The summed E-state index contributed by atoms with van der Waals surface area (Å²) in [6, 6.07) is 1.90. The Kier molecular flexibility index (Phi) is 7.00. The average molecular weight is 353 g/mol. The SMILES string of the molecule is COc1cc(C(C)(C)C(O[Si]C)O[Si]C)c(C)c(C(=O)O)c1C. The molecule has 0 spiro atoms. The Morgan fingerprint density at radius 1 is 1.17 bits per heavy atom. The fraction of sp³-hybridized carbons (Fsp3) is 0.562. The van der Waals surface area contributed by atoms with Gasteiger partial charge in [0.15, 0.2) is 0 Å². The maximum Gasteiger partial charge on any atom is 0.336 e. The molecule has 0 atom stereocenters. The Bertz CT molecular complexity index is 566. The fourth-order valence-electron chi connectivity index (χ4n) is 2.75. The van der Waals surface area contributed by atoms with E-state index in [0.29, 0.717) is 11.3 Å². The number of carboxylic acid groups (broad SMARTS) is 1. The molecule has 1 aromatic carbocycles. The predicted octanol–water partition coefficient (Wildman–Crippen LogP) is 2.98. The van der Waals surface area contributed by atoms with Crippen LogP contribution in [0.25, 0.3) is 0 Å². The molecule has 0 saturated heterocycles. The van der Waals surface area contributed by atoms with Crippen LogP contribution in [0, 0.1) is 13.8 Å². The molecule has 7 heteroatoms. The van der Waals surface area contributed by atoms with E-state index in [4.69, 9.17) is 13.6 Å². The van der Waals surface area contributed by atoms with Gasteiger partial charge in [-0.3, -0.25) is 0 Å². The first-order chi connectivity index (χ1) is 10.7. The van der Waals surface area contributed by atoms with Crippen LogP contribution in [0.1, 0.15) is 40.9 Å². The zero-order chi connectivity index (χ0) is 17.8. The van der Waals surface area contributed by atoms with Gasteiger partial charge in [-0.05, 0) is 44.1 Å². The molecule has 0 amide bonds. The number of carboxylic acids is 1. The van der Waals surface area contributed by atoms with Crippen LogP contribution in [0.2, 0.25) is 13.1 Å². The lowest BCUT2D eigenvalue weighted by atomic mass is 9.79. The van der Waals surface area contributed by atoms with Crippen LogP contribution in [0.15, 0.2) is 6.07 Å². The molecule has 0 aromatic heterocycles. The van der Waals surface area contributed by atoms with Gasteiger partial charge < -0.3 is 18.7 Å². The van der Waals surface area contributed by atoms with Crippen LogP contribution < -0.4 is 4.74 Å².